The van der Waals surface area contributed by atoms with E-state index in [0.29, 0.717) is 43.0 Å². The van der Waals surface area contributed by atoms with E-state index in [1.807, 2.05) is 25.1 Å². The highest BCUT2D eigenvalue weighted by Gasteiger charge is 2.37. The van der Waals surface area contributed by atoms with Gasteiger partial charge in [-0.1, -0.05) is 18.2 Å². The van der Waals surface area contributed by atoms with Crippen LogP contribution in [0.4, 0.5) is 5.69 Å². The molecule has 1 aromatic carbocycles. The van der Waals surface area contributed by atoms with Gasteiger partial charge in [0.25, 0.3) is 10.0 Å². The zero-order chi connectivity index (χ0) is 23.3. The molecule has 2 aliphatic rings. The van der Waals surface area contributed by atoms with Crippen molar-refractivity contribution in [1.82, 2.24) is 14.7 Å². The molecule has 11 heteroatoms. The van der Waals surface area contributed by atoms with Gasteiger partial charge < -0.3 is 4.90 Å². The molecule has 0 bridgehead atoms. The van der Waals surface area contributed by atoms with Crippen molar-refractivity contribution in [1.29, 1.82) is 0 Å². The molecule has 32 heavy (non-hydrogen) atoms. The van der Waals surface area contributed by atoms with E-state index in [1.54, 1.807) is 24.8 Å². The fourth-order valence-electron chi connectivity index (χ4n) is 4.75. The molecule has 1 atom stereocenters. The van der Waals surface area contributed by atoms with Crippen LogP contribution in [0.3, 0.4) is 0 Å². The largest absolute Gasteiger partial charge is 0.337 e. The molecule has 0 N–H and O–H groups in total. The minimum Gasteiger partial charge on any atom is -0.337 e. The average Bonchev–Trinajstić information content (AvgIpc) is 3.38. The Morgan fingerprint density at radius 2 is 1.97 bits per heavy atom. The van der Waals surface area contributed by atoms with E-state index >= 15 is 0 Å². The number of nitrogens with zero attached hydrogens (tertiary/aromatic N) is 4. The number of carbonyl (C=O) groups is 1. The van der Waals surface area contributed by atoms with E-state index in [-0.39, 0.29) is 34.9 Å². The topological polar surface area (TPSA) is 110 Å². The number of anilines is 1. The maximum absolute atomic E-state index is 13.5. The highest BCUT2D eigenvalue weighted by molar-refractivity contribution is 7.93. The normalized spacial score (nSPS) is 19.8. The lowest BCUT2D eigenvalue weighted by Crippen LogP contribution is -2.42. The Morgan fingerprint density at radius 3 is 2.62 bits per heavy atom. The number of hydrogen-bond donors (Lipinski definition) is 0. The standard InChI is InChI=1S/C21H28N4O5S2/c1-4-23(18-10-12-31(27,28)14-18)20(26)13-24-16(3)21(15(2)22-24)32(29,30)25-11-9-17-7-5-6-8-19(17)25/h5-8,18H,4,9-14H2,1-3H3. The van der Waals surface area contributed by atoms with Gasteiger partial charge in [0, 0.05) is 19.1 Å². The highest BCUT2D eigenvalue weighted by Crippen LogP contribution is 2.34. The van der Waals surface area contributed by atoms with Crippen molar-refractivity contribution in [3.8, 4) is 0 Å². The first kappa shape index (κ1) is 22.8. The summed E-state index contributed by atoms with van der Waals surface area (Å²) in [4.78, 5) is 14.7. The summed E-state index contributed by atoms with van der Waals surface area (Å²) in [5.41, 5.74) is 2.40. The lowest BCUT2D eigenvalue weighted by Gasteiger charge is -2.27. The summed E-state index contributed by atoms with van der Waals surface area (Å²) >= 11 is 0. The Morgan fingerprint density at radius 1 is 1.25 bits per heavy atom. The van der Waals surface area contributed by atoms with Gasteiger partial charge in [-0.3, -0.25) is 13.8 Å². The fraction of sp³-hybridized carbons (Fsp3) is 0.524. The molecule has 1 amide bonds. The van der Waals surface area contributed by atoms with Crippen LogP contribution in [-0.2, 0) is 37.6 Å². The van der Waals surface area contributed by atoms with Gasteiger partial charge in [-0.05, 0) is 45.2 Å². The zero-order valence-electron chi connectivity index (χ0n) is 18.5. The molecule has 1 aromatic heterocycles. The average molecular weight is 481 g/mol. The molecule has 1 unspecified atom stereocenters. The quantitative estimate of drug-likeness (QED) is 0.616. The fourth-order valence-corrected chi connectivity index (χ4v) is 8.37. The SMILES string of the molecule is CCN(C(=O)Cn1nc(C)c(S(=O)(=O)N2CCc3ccccc32)c1C)C1CCS(=O)(=O)C1. The third kappa shape index (κ3) is 3.92. The number of aromatic nitrogens is 2. The van der Waals surface area contributed by atoms with Gasteiger partial charge in [-0.15, -0.1) is 0 Å². The lowest BCUT2D eigenvalue weighted by molar-refractivity contribution is -0.133. The molecular weight excluding hydrogens is 452 g/mol. The van der Waals surface area contributed by atoms with Gasteiger partial charge in [0.15, 0.2) is 9.84 Å². The number of rotatable bonds is 6. The van der Waals surface area contributed by atoms with Crippen molar-refractivity contribution in [3.05, 3.63) is 41.2 Å². The number of sulfone groups is 1. The summed E-state index contributed by atoms with van der Waals surface area (Å²) in [7, 11) is -6.96. The summed E-state index contributed by atoms with van der Waals surface area (Å²) in [6, 6.07) is 7.09. The van der Waals surface area contributed by atoms with Gasteiger partial charge in [0.1, 0.15) is 11.4 Å². The van der Waals surface area contributed by atoms with Crippen LogP contribution in [0.25, 0.3) is 0 Å². The predicted octanol–water partition coefficient (Wildman–Crippen LogP) is 1.29. The van der Waals surface area contributed by atoms with Crippen LogP contribution in [0.15, 0.2) is 29.2 Å². The second-order valence-electron chi connectivity index (χ2n) is 8.35. The molecule has 1 saturated heterocycles. The Bertz CT molecular complexity index is 1270. The minimum atomic E-state index is -3.84. The first-order valence-corrected chi connectivity index (χ1v) is 14.0. The van der Waals surface area contributed by atoms with Gasteiger partial charge in [-0.25, -0.2) is 16.8 Å². The predicted molar refractivity (Wildman–Crippen MR) is 121 cm³/mol. The summed E-state index contributed by atoms with van der Waals surface area (Å²) in [6.07, 6.45) is 1.07. The molecule has 3 heterocycles. The monoisotopic (exact) mass is 480 g/mol. The van der Waals surface area contributed by atoms with Gasteiger partial charge in [0.05, 0.1) is 28.6 Å². The van der Waals surface area contributed by atoms with E-state index in [2.05, 4.69) is 5.10 Å². The van der Waals surface area contributed by atoms with Crippen LogP contribution < -0.4 is 4.31 Å². The summed E-state index contributed by atoms with van der Waals surface area (Å²) in [5, 5.41) is 4.36. The van der Waals surface area contributed by atoms with Gasteiger partial charge >= 0.3 is 0 Å². The summed E-state index contributed by atoms with van der Waals surface area (Å²) < 4.78 is 53.5. The van der Waals surface area contributed by atoms with Crippen LogP contribution >= 0.6 is 0 Å². The van der Waals surface area contributed by atoms with Crippen LogP contribution in [-0.4, -0.2) is 68.1 Å². The van der Waals surface area contributed by atoms with E-state index in [1.165, 1.54) is 8.99 Å². The van der Waals surface area contributed by atoms with E-state index in [9.17, 15) is 21.6 Å². The molecule has 2 aromatic rings. The molecule has 4 rings (SSSR count). The van der Waals surface area contributed by atoms with E-state index in [0.717, 1.165) is 5.56 Å². The Hall–Kier alpha value is -2.40. The third-order valence-electron chi connectivity index (χ3n) is 6.30. The van der Waals surface area contributed by atoms with Crippen molar-refractivity contribution < 1.29 is 21.6 Å². The summed E-state index contributed by atoms with van der Waals surface area (Å²) in [6.45, 7) is 5.70. The van der Waals surface area contributed by atoms with Crippen LogP contribution in [0.5, 0.6) is 0 Å². The zero-order valence-corrected chi connectivity index (χ0v) is 20.1. The second-order valence-corrected chi connectivity index (χ2v) is 12.4. The van der Waals surface area contributed by atoms with Crippen LogP contribution in [0.1, 0.15) is 30.3 Å². The Balaban J connectivity index is 1.60. The number of fused-ring (bicyclic) bond motifs is 1. The van der Waals surface area contributed by atoms with Crippen molar-refractivity contribution in [3.63, 3.8) is 0 Å². The molecule has 174 valence electrons. The molecule has 0 radical (unpaired) electrons. The minimum absolute atomic E-state index is 0.0301. The third-order valence-corrected chi connectivity index (χ3v) is 10.1. The first-order valence-electron chi connectivity index (χ1n) is 10.7. The number of para-hydroxylation sites is 1. The number of benzene rings is 1. The Kier molecular flexibility index (Phi) is 5.83. The van der Waals surface area contributed by atoms with Crippen LogP contribution in [0, 0.1) is 13.8 Å². The van der Waals surface area contributed by atoms with E-state index < -0.39 is 19.9 Å². The number of likely N-dealkylation sites (N-methyl/N-ethyl adjacent to an activating group) is 1. The highest BCUT2D eigenvalue weighted by atomic mass is 32.2. The number of aryl methyl sites for hydroxylation is 1. The maximum atomic E-state index is 13.5. The molecule has 9 nitrogen and oxygen atoms in total. The molecule has 0 aliphatic carbocycles. The molecule has 1 fully saturated rings. The summed E-state index contributed by atoms with van der Waals surface area (Å²) in [5.74, 6) is -0.214. The van der Waals surface area contributed by atoms with Gasteiger partial charge in [-0.2, -0.15) is 5.10 Å². The lowest BCUT2D eigenvalue weighted by atomic mass is 10.2. The number of hydrogen-bond acceptors (Lipinski definition) is 6. The molecule has 2 aliphatic heterocycles. The Labute approximate surface area is 189 Å². The molecular formula is C21H28N4O5S2. The van der Waals surface area contributed by atoms with Crippen molar-refractivity contribution in [2.24, 2.45) is 0 Å². The molecule has 0 spiro atoms. The molecule has 0 saturated carbocycles. The smallest absolute Gasteiger partial charge is 0.268 e. The van der Waals surface area contributed by atoms with Crippen LogP contribution in [0.2, 0.25) is 0 Å². The number of amides is 1. The van der Waals surface area contributed by atoms with Crippen molar-refractivity contribution in [2.75, 3.05) is 28.9 Å². The van der Waals surface area contributed by atoms with Crippen molar-refractivity contribution in [2.45, 2.75) is 51.1 Å². The van der Waals surface area contributed by atoms with Gasteiger partial charge in [0.2, 0.25) is 5.91 Å². The first-order chi connectivity index (χ1) is 15.0. The number of carbonyl (C=O) groups excluding carboxylic acids is 1. The van der Waals surface area contributed by atoms with E-state index in [4.69, 9.17) is 0 Å². The number of sulfonamides is 1. The maximum Gasteiger partial charge on any atom is 0.268 e. The second kappa shape index (κ2) is 8.18. The van der Waals surface area contributed by atoms with Crippen molar-refractivity contribution >= 4 is 31.5 Å².